The maximum absolute atomic E-state index is 11.9. The lowest BCUT2D eigenvalue weighted by molar-refractivity contribution is -0.119. The van der Waals surface area contributed by atoms with Crippen LogP contribution in [-0.4, -0.2) is 71.2 Å². The zero-order valence-electron chi connectivity index (χ0n) is 15.0. The van der Waals surface area contributed by atoms with Crippen LogP contribution in [0.4, 0.5) is 4.79 Å². The highest BCUT2D eigenvalue weighted by atomic mass is 16.5. The van der Waals surface area contributed by atoms with E-state index in [-0.39, 0.29) is 17.7 Å². The highest BCUT2D eigenvalue weighted by Crippen LogP contribution is 2.35. The number of aromatic amines is 1. The monoisotopic (exact) mass is 335 g/mol. The van der Waals surface area contributed by atoms with Crippen molar-refractivity contribution in [2.45, 2.75) is 50.8 Å². The first-order valence-corrected chi connectivity index (χ1v) is 8.80. The lowest BCUT2D eigenvalue weighted by Gasteiger charge is -2.46. The first kappa shape index (κ1) is 17.2. The number of ether oxygens (including phenoxy) is 1. The Kier molecular flexibility index (Phi) is 5.10. The van der Waals surface area contributed by atoms with E-state index in [0.717, 1.165) is 57.7 Å². The summed E-state index contributed by atoms with van der Waals surface area (Å²) in [5.74, 6) is 0.966. The van der Waals surface area contributed by atoms with Gasteiger partial charge >= 0.3 is 6.03 Å². The van der Waals surface area contributed by atoms with E-state index in [1.807, 2.05) is 13.1 Å². The fraction of sp³-hybridized carbons (Fsp3) is 0.765. The number of aryl methyl sites for hydroxylation is 1. The molecule has 0 radical (unpaired) electrons. The van der Waals surface area contributed by atoms with Crippen LogP contribution in [0.15, 0.2) is 6.20 Å². The summed E-state index contributed by atoms with van der Waals surface area (Å²) in [6.07, 6.45) is 5.79. The number of aromatic nitrogens is 2. The number of H-pyrrole nitrogens is 1. The van der Waals surface area contributed by atoms with E-state index in [1.54, 1.807) is 19.0 Å². The van der Waals surface area contributed by atoms with E-state index in [1.165, 1.54) is 5.69 Å². The maximum atomic E-state index is 11.9. The van der Waals surface area contributed by atoms with E-state index in [4.69, 9.17) is 4.74 Å². The highest BCUT2D eigenvalue weighted by molar-refractivity contribution is 5.73. The molecule has 2 aliphatic rings. The second kappa shape index (κ2) is 7.11. The lowest BCUT2D eigenvalue weighted by atomic mass is 9.82. The third-order valence-electron chi connectivity index (χ3n) is 5.14. The number of carbonyl (C=O) groups excluding carboxylic acids is 1. The van der Waals surface area contributed by atoms with Crippen LogP contribution in [0.25, 0.3) is 0 Å². The standard InChI is InChI=1S/C17H29N5O2/c1-13-18-11-15(19-13)12-22-7-5-17(6-8-22)10-14(4-9-24-17)20-16(23)21(2)3/h11,14H,4-10,12H2,1-3H3,(H,18,19)(H,20,23)/t14-/m0/s1. The second-order valence-electron chi connectivity index (χ2n) is 7.34. The van der Waals surface area contributed by atoms with Crippen LogP contribution in [0.3, 0.4) is 0 Å². The molecule has 134 valence electrons. The van der Waals surface area contributed by atoms with Gasteiger partial charge in [-0.2, -0.15) is 0 Å². The first-order valence-electron chi connectivity index (χ1n) is 8.80. The van der Waals surface area contributed by atoms with Gasteiger partial charge in [-0.1, -0.05) is 0 Å². The Labute approximate surface area is 143 Å². The van der Waals surface area contributed by atoms with Crippen molar-refractivity contribution in [3.05, 3.63) is 17.7 Å². The number of carbonyl (C=O) groups is 1. The molecule has 0 unspecified atom stereocenters. The minimum Gasteiger partial charge on any atom is -0.375 e. The summed E-state index contributed by atoms with van der Waals surface area (Å²) in [7, 11) is 3.56. The van der Waals surface area contributed by atoms with Gasteiger partial charge in [-0.3, -0.25) is 4.90 Å². The van der Waals surface area contributed by atoms with Gasteiger partial charge in [0.25, 0.3) is 0 Å². The normalized spacial score (nSPS) is 24.0. The van der Waals surface area contributed by atoms with E-state index in [9.17, 15) is 4.79 Å². The number of nitrogens with one attached hydrogen (secondary N) is 2. The van der Waals surface area contributed by atoms with Crippen LogP contribution >= 0.6 is 0 Å². The molecule has 1 spiro atoms. The molecule has 2 saturated heterocycles. The van der Waals surface area contributed by atoms with Crippen molar-refractivity contribution >= 4 is 6.03 Å². The molecule has 2 fully saturated rings. The summed E-state index contributed by atoms with van der Waals surface area (Å²) in [6, 6.07) is 0.208. The number of rotatable bonds is 3. The van der Waals surface area contributed by atoms with E-state index in [0.29, 0.717) is 0 Å². The maximum Gasteiger partial charge on any atom is 0.317 e. The minimum atomic E-state index is -0.0666. The van der Waals surface area contributed by atoms with Crippen LogP contribution in [0.2, 0.25) is 0 Å². The summed E-state index contributed by atoms with van der Waals surface area (Å²) in [6.45, 7) is 5.67. The fourth-order valence-electron chi connectivity index (χ4n) is 3.71. The Morgan fingerprint density at radius 1 is 1.50 bits per heavy atom. The molecular weight excluding hydrogens is 306 g/mol. The second-order valence-corrected chi connectivity index (χ2v) is 7.34. The average molecular weight is 335 g/mol. The van der Waals surface area contributed by atoms with Crippen LogP contribution in [-0.2, 0) is 11.3 Å². The fourth-order valence-corrected chi connectivity index (χ4v) is 3.71. The van der Waals surface area contributed by atoms with Gasteiger partial charge < -0.3 is 19.9 Å². The van der Waals surface area contributed by atoms with Gasteiger partial charge in [-0.15, -0.1) is 0 Å². The molecule has 0 aromatic carbocycles. The van der Waals surface area contributed by atoms with Gasteiger partial charge in [-0.25, -0.2) is 9.78 Å². The molecule has 1 atom stereocenters. The van der Waals surface area contributed by atoms with Crippen molar-refractivity contribution < 1.29 is 9.53 Å². The summed E-state index contributed by atoms with van der Waals surface area (Å²) < 4.78 is 6.17. The molecule has 0 bridgehead atoms. The highest BCUT2D eigenvalue weighted by Gasteiger charge is 2.40. The molecule has 24 heavy (non-hydrogen) atoms. The Hall–Kier alpha value is -1.60. The Balaban J connectivity index is 1.51. The molecule has 7 nitrogen and oxygen atoms in total. The smallest absolute Gasteiger partial charge is 0.317 e. The number of likely N-dealkylation sites (tertiary alicyclic amines) is 1. The molecule has 1 aromatic heterocycles. The molecule has 2 amide bonds. The Morgan fingerprint density at radius 2 is 2.25 bits per heavy atom. The largest absolute Gasteiger partial charge is 0.375 e. The third kappa shape index (κ3) is 4.08. The number of imidazole rings is 1. The minimum absolute atomic E-state index is 0.0101. The number of hydrogen-bond donors (Lipinski definition) is 2. The molecule has 1 aromatic rings. The van der Waals surface area contributed by atoms with Crippen molar-refractivity contribution in [1.82, 2.24) is 25.1 Å². The zero-order chi connectivity index (χ0) is 17.2. The van der Waals surface area contributed by atoms with Crippen LogP contribution < -0.4 is 5.32 Å². The topological polar surface area (TPSA) is 73.5 Å². The van der Waals surface area contributed by atoms with Gasteiger partial charge in [0.05, 0.1) is 5.60 Å². The van der Waals surface area contributed by atoms with Crippen LogP contribution in [0.5, 0.6) is 0 Å². The SMILES string of the molecule is Cc1ncc(CN2CCC3(CC2)C[C@@H](NC(=O)N(C)C)CCO3)[nH]1. The molecule has 0 saturated carbocycles. The van der Waals surface area contributed by atoms with Gasteiger partial charge in [0.15, 0.2) is 0 Å². The van der Waals surface area contributed by atoms with E-state index < -0.39 is 0 Å². The van der Waals surface area contributed by atoms with Crippen LogP contribution in [0.1, 0.15) is 37.2 Å². The molecule has 0 aliphatic carbocycles. The molecule has 7 heteroatoms. The van der Waals surface area contributed by atoms with Crippen molar-refractivity contribution in [3.8, 4) is 0 Å². The molecule has 3 heterocycles. The molecular formula is C17H29N5O2. The summed E-state index contributed by atoms with van der Waals surface area (Å²) >= 11 is 0. The number of urea groups is 1. The summed E-state index contributed by atoms with van der Waals surface area (Å²) in [5.41, 5.74) is 1.10. The van der Waals surface area contributed by atoms with Gasteiger partial charge in [0.1, 0.15) is 5.82 Å². The average Bonchev–Trinajstić information content (AvgIpc) is 2.95. The predicted molar refractivity (Wildman–Crippen MR) is 91.8 cm³/mol. The van der Waals surface area contributed by atoms with Crippen molar-refractivity contribution in [2.24, 2.45) is 0 Å². The number of piperidine rings is 1. The molecule has 3 rings (SSSR count). The molecule has 2 aliphatic heterocycles. The summed E-state index contributed by atoms with van der Waals surface area (Å²) in [4.78, 5) is 23.5. The summed E-state index contributed by atoms with van der Waals surface area (Å²) in [5, 5.41) is 3.12. The van der Waals surface area contributed by atoms with Crippen molar-refractivity contribution in [1.29, 1.82) is 0 Å². The number of nitrogens with zero attached hydrogens (tertiary/aromatic N) is 3. The van der Waals surface area contributed by atoms with Crippen molar-refractivity contribution in [2.75, 3.05) is 33.8 Å². The van der Waals surface area contributed by atoms with E-state index in [2.05, 4.69) is 20.2 Å². The van der Waals surface area contributed by atoms with E-state index >= 15 is 0 Å². The Bertz CT molecular complexity index is 563. The number of hydrogen-bond acceptors (Lipinski definition) is 4. The quantitative estimate of drug-likeness (QED) is 0.878. The van der Waals surface area contributed by atoms with Gasteiger partial charge in [0.2, 0.25) is 0 Å². The van der Waals surface area contributed by atoms with Gasteiger partial charge in [0, 0.05) is 58.3 Å². The Morgan fingerprint density at radius 3 is 2.88 bits per heavy atom. The predicted octanol–water partition coefficient (Wildman–Crippen LogP) is 1.50. The van der Waals surface area contributed by atoms with Crippen LogP contribution in [0, 0.1) is 6.92 Å². The number of amides is 2. The first-order chi connectivity index (χ1) is 11.5. The molecule has 2 N–H and O–H groups in total. The lowest BCUT2D eigenvalue weighted by Crippen LogP contribution is -2.54. The van der Waals surface area contributed by atoms with Gasteiger partial charge in [-0.05, 0) is 32.6 Å². The zero-order valence-corrected chi connectivity index (χ0v) is 15.0. The van der Waals surface area contributed by atoms with Crippen molar-refractivity contribution in [3.63, 3.8) is 0 Å². The third-order valence-corrected chi connectivity index (χ3v) is 5.14.